The maximum Gasteiger partial charge on any atom is 0.121 e. The first kappa shape index (κ1) is 11.9. The number of hydrogen-bond acceptors (Lipinski definition) is 2. The molecule has 0 aliphatic rings. The van der Waals surface area contributed by atoms with E-state index in [2.05, 4.69) is 11.9 Å². The van der Waals surface area contributed by atoms with Gasteiger partial charge in [0.2, 0.25) is 0 Å². The Hall–Kier alpha value is -1.61. The van der Waals surface area contributed by atoms with Crippen LogP contribution in [0.2, 0.25) is 0 Å². The predicted molar refractivity (Wildman–Crippen MR) is 67.8 cm³/mol. The van der Waals surface area contributed by atoms with Gasteiger partial charge in [0.1, 0.15) is 6.10 Å². The van der Waals surface area contributed by atoms with Crippen LogP contribution in [0.1, 0.15) is 36.3 Å². The predicted octanol–water partition coefficient (Wildman–Crippen LogP) is 2.68. The Labute approximate surface area is 102 Å². The van der Waals surface area contributed by atoms with Crippen molar-refractivity contribution in [1.29, 1.82) is 0 Å². The van der Waals surface area contributed by atoms with Crippen molar-refractivity contribution in [2.75, 3.05) is 0 Å². The van der Waals surface area contributed by atoms with Crippen molar-refractivity contribution in [1.82, 2.24) is 9.55 Å². The summed E-state index contributed by atoms with van der Waals surface area (Å²) in [7, 11) is 0. The molecule has 1 unspecified atom stereocenters. The Morgan fingerprint density at radius 1 is 1.35 bits per heavy atom. The van der Waals surface area contributed by atoms with Crippen molar-refractivity contribution in [3.63, 3.8) is 0 Å². The smallest absolute Gasteiger partial charge is 0.121 e. The summed E-state index contributed by atoms with van der Waals surface area (Å²) >= 11 is 0. The Kier molecular flexibility index (Phi) is 3.59. The van der Waals surface area contributed by atoms with Crippen LogP contribution >= 0.6 is 0 Å². The van der Waals surface area contributed by atoms with Gasteiger partial charge in [-0.15, -0.1) is 0 Å². The standard InChI is InChI=1S/C14H18N2O/c1-3-8-16-10-15-9-13(16)14(17)12-7-5-4-6-11(12)2/h4-7,9-10,14,17H,3,8H2,1-2H3. The fourth-order valence-electron chi connectivity index (χ4n) is 2.04. The molecule has 0 radical (unpaired) electrons. The number of aliphatic hydroxyl groups is 1. The Bertz CT molecular complexity index is 490. The summed E-state index contributed by atoms with van der Waals surface area (Å²) in [4.78, 5) is 4.12. The summed E-state index contributed by atoms with van der Waals surface area (Å²) in [5.74, 6) is 0. The fourth-order valence-corrected chi connectivity index (χ4v) is 2.04. The molecule has 90 valence electrons. The van der Waals surface area contributed by atoms with Crippen LogP contribution in [-0.2, 0) is 6.54 Å². The molecule has 0 spiro atoms. The lowest BCUT2D eigenvalue weighted by atomic mass is 10.0. The van der Waals surface area contributed by atoms with Crippen molar-refractivity contribution in [2.45, 2.75) is 32.9 Å². The molecule has 0 saturated heterocycles. The Balaban J connectivity index is 2.34. The number of aliphatic hydroxyl groups excluding tert-OH is 1. The zero-order valence-electron chi connectivity index (χ0n) is 10.3. The zero-order chi connectivity index (χ0) is 12.3. The average molecular weight is 230 g/mol. The van der Waals surface area contributed by atoms with Crippen molar-refractivity contribution >= 4 is 0 Å². The molecule has 1 heterocycles. The van der Waals surface area contributed by atoms with Crippen LogP contribution in [-0.4, -0.2) is 14.7 Å². The van der Waals surface area contributed by atoms with E-state index in [1.807, 2.05) is 35.8 Å². The highest BCUT2D eigenvalue weighted by atomic mass is 16.3. The molecule has 0 fully saturated rings. The molecule has 0 aliphatic carbocycles. The Morgan fingerprint density at radius 3 is 2.82 bits per heavy atom. The lowest BCUT2D eigenvalue weighted by Gasteiger charge is -2.15. The van der Waals surface area contributed by atoms with Crippen molar-refractivity contribution < 1.29 is 5.11 Å². The third kappa shape index (κ3) is 2.39. The van der Waals surface area contributed by atoms with Crippen LogP contribution in [0.3, 0.4) is 0 Å². The molecule has 0 aliphatic heterocycles. The maximum absolute atomic E-state index is 10.4. The van der Waals surface area contributed by atoms with Crippen molar-refractivity contribution in [3.8, 4) is 0 Å². The number of hydrogen-bond donors (Lipinski definition) is 1. The van der Waals surface area contributed by atoms with E-state index in [0.717, 1.165) is 29.8 Å². The van der Waals surface area contributed by atoms with Gasteiger partial charge in [-0.05, 0) is 24.5 Å². The largest absolute Gasteiger partial charge is 0.382 e. The van der Waals surface area contributed by atoms with E-state index >= 15 is 0 Å². The molecule has 1 N–H and O–H groups in total. The van der Waals surface area contributed by atoms with Gasteiger partial charge < -0.3 is 9.67 Å². The maximum atomic E-state index is 10.4. The first-order valence-corrected chi connectivity index (χ1v) is 5.97. The highest BCUT2D eigenvalue weighted by Gasteiger charge is 2.16. The third-order valence-corrected chi connectivity index (χ3v) is 2.97. The first-order valence-electron chi connectivity index (χ1n) is 5.97. The zero-order valence-corrected chi connectivity index (χ0v) is 10.3. The van der Waals surface area contributed by atoms with E-state index in [1.54, 1.807) is 12.5 Å². The molecule has 1 aromatic heterocycles. The average Bonchev–Trinajstić information content (AvgIpc) is 2.78. The summed E-state index contributed by atoms with van der Waals surface area (Å²) in [6.07, 6.45) is 3.96. The fraction of sp³-hybridized carbons (Fsp3) is 0.357. The van der Waals surface area contributed by atoms with Crippen LogP contribution in [0.5, 0.6) is 0 Å². The minimum atomic E-state index is -0.592. The molecule has 0 bridgehead atoms. The SMILES string of the molecule is CCCn1cncc1C(O)c1ccccc1C. The van der Waals surface area contributed by atoms with Crippen molar-refractivity contribution in [3.05, 3.63) is 53.6 Å². The van der Waals surface area contributed by atoms with Gasteiger partial charge in [-0.25, -0.2) is 4.98 Å². The number of aromatic nitrogens is 2. The highest BCUT2D eigenvalue weighted by molar-refractivity contribution is 5.32. The van der Waals surface area contributed by atoms with E-state index in [9.17, 15) is 5.11 Å². The van der Waals surface area contributed by atoms with Crippen molar-refractivity contribution in [2.24, 2.45) is 0 Å². The van der Waals surface area contributed by atoms with Crippen LogP contribution in [0, 0.1) is 6.92 Å². The second-order valence-corrected chi connectivity index (χ2v) is 4.27. The van der Waals surface area contributed by atoms with Gasteiger partial charge in [0.15, 0.2) is 0 Å². The third-order valence-electron chi connectivity index (χ3n) is 2.97. The molecule has 2 rings (SSSR count). The number of imidazole rings is 1. The molecule has 2 aromatic rings. The second-order valence-electron chi connectivity index (χ2n) is 4.27. The first-order chi connectivity index (χ1) is 8.24. The van der Waals surface area contributed by atoms with Gasteiger partial charge in [0.25, 0.3) is 0 Å². The molecular formula is C14H18N2O. The number of rotatable bonds is 4. The second kappa shape index (κ2) is 5.15. The summed E-state index contributed by atoms with van der Waals surface area (Å²) in [6, 6.07) is 7.91. The normalized spacial score (nSPS) is 12.6. The van der Waals surface area contributed by atoms with E-state index in [-0.39, 0.29) is 0 Å². The van der Waals surface area contributed by atoms with E-state index < -0.39 is 6.10 Å². The number of aryl methyl sites for hydroxylation is 2. The molecule has 3 heteroatoms. The van der Waals surface area contributed by atoms with Gasteiger partial charge in [-0.1, -0.05) is 31.2 Å². The van der Waals surface area contributed by atoms with Crippen LogP contribution in [0.25, 0.3) is 0 Å². The summed E-state index contributed by atoms with van der Waals surface area (Å²) in [6.45, 7) is 5.02. The van der Waals surface area contributed by atoms with Gasteiger partial charge >= 0.3 is 0 Å². The lowest BCUT2D eigenvalue weighted by Crippen LogP contribution is -2.09. The number of benzene rings is 1. The monoisotopic (exact) mass is 230 g/mol. The minimum absolute atomic E-state index is 0.592. The molecule has 0 saturated carbocycles. The van der Waals surface area contributed by atoms with E-state index in [4.69, 9.17) is 0 Å². The molecule has 1 atom stereocenters. The number of nitrogens with zero attached hydrogens (tertiary/aromatic N) is 2. The van der Waals surface area contributed by atoms with E-state index in [0.29, 0.717) is 0 Å². The molecule has 3 nitrogen and oxygen atoms in total. The summed E-state index contributed by atoms with van der Waals surface area (Å²) in [5.41, 5.74) is 2.91. The summed E-state index contributed by atoms with van der Waals surface area (Å²) in [5, 5.41) is 10.4. The molecule has 17 heavy (non-hydrogen) atoms. The van der Waals surface area contributed by atoms with Crippen LogP contribution in [0.15, 0.2) is 36.8 Å². The van der Waals surface area contributed by atoms with Crippen LogP contribution < -0.4 is 0 Å². The molecule has 1 aromatic carbocycles. The van der Waals surface area contributed by atoms with Crippen LogP contribution in [0.4, 0.5) is 0 Å². The molecule has 0 amide bonds. The van der Waals surface area contributed by atoms with Gasteiger partial charge in [-0.3, -0.25) is 0 Å². The summed E-state index contributed by atoms with van der Waals surface area (Å²) < 4.78 is 2.01. The quantitative estimate of drug-likeness (QED) is 0.877. The van der Waals surface area contributed by atoms with Gasteiger partial charge in [0, 0.05) is 6.54 Å². The van der Waals surface area contributed by atoms with Gasteiger partial charge in [-0.2, -0.15) is 0 Å². The van der Waals surface area contributed by atoms with Gasteiger partial charge in [0.05, 0.1) is 18.2 Å². The Morgan fingerprint density at radius 2 is 2.12 bits per heavy atom. The van der Waals surface area contributed by atoms with E-state index in [1.165, 1.54) is 0 Å². The topological polar surface area (TPSA) is 38.0 Å². The minimum Gasteiger partial charge on any atom is -0.382 e. The highest BCUT2D eigenvalue weighted by Crippen LogP contribution is 2.24. The lowest BCUT2D eigenvalue weighted by molar-refractivity contribution is 0.209. The molecular weight excluding hydrogens is 212 g/mol.